The fraction of sp³-hybridized carbons (Fsp3) is 0.136. The number of hydrogen-bond acceptors (Lipinski definition) is 4. The molecule has 0 fully saturated rings. The lowest BCUT2D eigenvalue weighted by Gasteiger charge is -2.24. The minimum Gasteiger partial charge on any atom is -0.492 e. The van der Waals surface area contributed by atoms with E-state index in [1.807, 2.05) is 6.92 Å². The van der Waals surface area contributed by atoms with Crippen LogP contribution in [0.3, 0.4) is 0 Å². The van der Waals surface area contributed by atoms with Crippen LogP contribution >= 0.6 is 0 Å². The van der Waals surface area contributed by atoms with Gasteiger partial charge in [-0.1, -0.05) is 42.5 Å². The molecule has 6 nitrogen and oxygen atoms in total. The Labute approximate surface area is 175 Å². The molecule has 8 heteroatoms. The molecule has 0 heterocycles. The van der Waals surface area contributed by atoms with E-state index in [2.05, 4.69) is 5.32 Å². The predicted molar refractivity (Wildman–Crippen MR) is 114 cm³/mol. The lowest BCUT2D eigenvalue weighted by atomic mass is 10.3. The largest absolute Gasteiger partial charge is 0.492 e. The number of hydrogen-bond donors (Lipinski definition) is 1. The van der Waals surface area contributed by atoms with Gasteiger partial charge in [-0.25, -0.2) is 12.8 Å². The second-order valence-corrected chi connectivity index (χ2v) is 8.12. The van der Waals surface area contributed by atoms with Crippen LogP contribution in [-0.2, 0) is 14.8 Å². The van der Waals surface area contributed by atoms with Gasteiger partial charge in [0.25, 0.3) is 10.0 Å². The first-order valence-electron chi connectivity index (χ1n) is 9.27. The van der Waals surface area contributed by atoms with Crippen LogP contribution in [-0.4, -0.2) is 27.5 Å². The quantitative estimate of drug-likeness (QED) is 0.587. The Morgan fingerprint density at radius 3 is 2.30 bits per heavy atom. The van der Waals surface area contributed by atoms with Crippen molar-refractivity contribution in [2.75, 3.05) is 22.8 Å². The zero-order chi connectivity index (χ0) is 21.6. The first kappa shape index (κ1) is 21.3. The minimum absolute atomic E-state index is 0.0456. The number of nitrogens with zero attached hydrogens (tertiary/aromatic N) is 1. The molecule has 0 aliphatic carbocycles. The zero-order valence-corrected chi connectivity index (χ0v) is 17.1. The van der Waals surface area contributed by atoms with Gasteiger partial charge in [-0.05, 0) is 43.3 Å². The molecule has 0 spiro atoms. The molecule has 1 N–H and O–H groups in total. The molecule has 3 rings (SSSR count). The van der Waals surface area contributed by atoms with Crippen molar-refractivity contribution in [3.05, 3.63) is 84.7 Å². The van der Waals surface area contributed by atoms with Crippen molar-refractivity contribution in [2.45, 2.75) is 11.8 Å². The molecule has 0 bridgehead atoms. The molecule has 0 saturated carbocycles. The fourth-order valence-corrected chi connectivity index (χ4v) is 4.29. The number of sulfonamides is 1. The highest BCUT2D eigenvalue weighted by Gasteiger charge is 2.29. The SMILES string of the molecule is CCOc1ccccc1NC(=O)CN(c1ccccc1F)S(=O)(=O)c1ccccc1. The van der Waals surface area contributed by atoms with Crippen LogP contribution in [0.1, 0.15) is 6.92 Å². The van der Waals surface area contributed by atoms with Crippen molar-refractivity contribution in [1.29, 1.82) is 0 Å². The van der Waals surface area contributed by atoms with Gasteiger partial charge in [0.15, 0.2) is 0 Å². The maximum Gasteiger partial charge on any atom is 0.264 e. The molecule has 0 unspecified atom stereocenters. The molecule has 0 radical (unpaired) electrons. The highest BCUT2D eigenvalue weighted by Crippen LogP contribution is 2.27. The van der Waals surface area contributed by atoms with E-state index in [9.17, 15) is 17.6 Å². The number of anilines is 2. The Kier molecular flexibility index (Phi) is 6.68. The summed E-state index contributed by atoms with van der Waals surface area (Å²) in [4.78, 5) is 12.7. The molecule has 0 atom stereocenters. The number of halogens is 1. The Bertz CT molecular complexity index is 1120. The van der Waals surface area contributed by atoms with Crippen molar-refractivity contribution in [3.63, 3.8) is 0 Å². The number of rotatable bonds is 8. The number of nitrogens with one attached hydrogen (secondary N) is 1. The summed E-state index contributed by atoms with van der Waals surface area (Å²) in [6.07, 6.45) is 0. The molecule has 30 heavy (non-hydrogen) atoms. The summed E-state index contributed by atoms with van der Waals surface area (Å²) in [5.74, 6) is -0.929. The van der Waals surface area contributed by atoms with E-state index in [4.69, 9.17) is 4.74 Å². The monoisotopic (exact) mass is 428 g/mol. The van der Waals surface area contributed by atoms with Crippen molar-refractivity contribution in [1.82, 2.24) is 0 Å². The fourth-order valence-electron chi connectivity index (χ4n) is 2.84. The van der Waals surface area contributed by atoms with Gasteiger partial charge in [-0.15, -0.1) is 0 Å². The number of benzene rings is 3. The standard InChI is InChI=1S/C22H21FN2O4S/c1-2-29-21-15-9-7-13-19(21)24-22(26)16-25(20-14-8-6-12-18(20)23)30(27,28)17-10-4-3-5-11-17/h3-15H,2,16H2,1H3,(H,24,26). The van der Waals surface area contributed by atoms with E-state index in [-0.39, 0.29) is 10.6 Å². The molecule has 0 aliphatic heterocycles. The Balaban J connectivity index is 1.94. The first-order chi connectivity index (χ1) is 14.4. The Morgan fingerprint density at radius 2 is 1.60 bits per heavy atom. The molecular formula is C22H21FN2O4S. The van der Waals surface area contributed by atoms with E-state index < -0.39 is 28.3 Å². The topological polar surface area (TPSA) is 75.7 Å². The summed E-state index contributed by atoms with van der Waals surface area (Å²) in [5, 5.41) is 2.65. The second kappa shape index (κ2) is 9.41. The van der Waals surface area contributed by atoms with Gasteiger partial charge in [0.2, 0.25) is 5.91 Å². The lowest BCUT2D eigenvalue weighted by molar-refractivity contribution is -0.114. The first-order valence-corrected chi connectivity index (χ1v) is 10.7. The number of ether oxygens (including phenoxy) is 1. The molecule has 3 aromatic rings. The number of carbonyl (C=O) groups excluding carboxylic acids is 1. The van der Waals surface area contributed by atoms with Crippen molar-refractivity contribution in [3.8, 4) is 5.75 Å². The summed E-state index contributed by atoms with van der Waals surface area (Å²) in [5.41, 5.74) is 0.185. The Hall–Kier alpha value is -3.39. The zero-order valence-electron chi connectivity index (χ0n) is 16.3. The number of para-hydroxylation sites is 3. The van der Waals surface area contributed by atoms with Crippen molar-refractivity contribution in [2.24, 2.45) is 0 Å². The summed E-state index contributed by atoms with van der Waals surface area (Å²) in [6, 6.07) is 19.8. The minimum atomic E-state index is -4.18. The third kappa shape index (κ3) is 4.77. The summed E-state index contributed by atoms with van der Waals surface area (Å²) < 4.78 is 47.1. The van der Waals surface area contributed by atoms with Crippen LogP contribution in [0.4, 0.5) is 15.8 Å². The van der Waals surface area contributed by atoms with E-state index in [1.54, 1.807) is 42.5 Å². The summed E-state index contributed by atoms with van der Waals surface area (Å²) >= 11 is 0. The van der Waals surface area contributed by atoms with Gasteiger partial charge in [-0.3, -0.25) is 9.10 Å². The maximum absolute atomic E-state index is 14.5. The highest BCUT2D eigenvalue weighted by molar-refractivity contribution is 7.92. The molecular weight excluding hydrogens is 407 g/mol. The molecule has 156 valence electrons. The van der Waals surface area contributed by atoms with Crippen LogP contribution in [0.25, 0.3) is 0 Å². The average molecular weight is 428 g/mol. The van der Waals surface area contributed by atoms with E-state index in [1.165, 1.54) is 30.3 Å². The second-order valence-electron chi connectivity index (χ2n) is 6.25. The van der Waals surface area contributed by atoms with Crippen LogP contribution in [0.5, 0.6) is 5.75 Å². The molecule has 0 aromatic heterocycles. The predicted octanol–water partition coefficient (Wildman–Crippen LogP) is 4.06. The average Bonchev–Trinajstić information content (AvgIpc) is 2.75. The van der Waals surface area contributed by atoms with Crippen LogP contribution in [0.2, 0.25) is 0 Å². The van der Waals surface area contributed by atoms with Gasteiger partial charge in [0.1, 0.15) is 18.1 Å². The molecule has 1 amide bonds. The smallest absolute Gasteiger partial charge is 0.264 e. The van der Waals surface area contributed by atoms with Crippen LogP contribution in [0.15, 0.2) is 83.8 Å². The Morgan fingerprint density at radius 1 is 0.967 bits per heavy atom. The highest BCUT2D eigenvalue weighted by atomic mass is 32.2. The summed E-state index contributed by atoms with van der Waals surface area (Å²) in [7, 11) is -4.18. The van der Waals surface area contributed by atoms with Gasteiger partial charge in [0, 0.05) is 0 Å². The van der Waals surface area contributed by atoms with Gasteiger partial charge in [0.05, 0.1) is 22.9 Å². The maximum atomic E-state index is 14.5. The molecule has 0 saturated heterocycles. The number of amides is 1. The van der Waals surface area contributed by atoms with Crippen LogP contribution < -0.4 is 14.4 Å². The van der Waals surface area contributed by atoms with E-state index >= 15 is 0 Å². The number of carbonyl (C=O) groups is 1. The lowest BCUT2D eigenvalue weighted by Crippen LogP contribution is -2.38. The van der Waals surface area contributed by atoms with E-state index in [0.717, 1.165) is 10.4 Å². The van der Waals surface area contributed by atoms with Gasteiger partial charge in [-0.2, -0.15) is 0 Å². The molecule has 3 aromatic carbocycles. The van der Waals surface area contributed by atoms with E-state index in [0.29, 0.717) is 18.0 Å². The third-order valence-corrected chi connectivity index (χ3v) is 5.97. The van der Waals surface area contributed by atoms with Crippen LogP contribution in [0, 0.1) is 5.82 Å². The third-order valence-electron chi connectivity index (χ3n) is 4.20. The van der Waals surface area contributed by atoms with Gasteiger partial charge < -0.3 is 10.1 Å². The normalized spacial score (nSPS) is 11.0. The van der Waals surface area contributed by atoms with Crippen molar-refractivity contribution >= 4 is 27.3 Å². The molecule has 0 aliphatic rings. The van der Waals surface area contributed by atoms with Crippen molar-refractivity contribution < 1.29 is 22.3 Å². The summed E-state index contributed by atoms with van der Waals surface area (Å²) in [6.45, 7) is 1.60. The van der Waals surface area contributed by atoms with Gasteiger partial charge >= 0.3 is 0 Å².